The first-order valence-corrected chi connectivity index (χ1v) is 5.79. The number of nitrogens with zero attached hydrogens (tertiary/aromatic N) is 1. The van der Waals surface area contributed by atoms with Crippen molar-refractivity contribution >= 4 is 17.6 Å². The molecule has 5 nitrogen and oxygen atoms in total. The van der Waals surface area contributed by atoms with E-state index in [2.05, 4.69) is 0 Å². The second kappa shape index (κ2) is 4.33. The van der Waals surface area contributed by atoms with Gasteiger partial charge in [0, 0.05) is 6.04 Å². The molecule has 1 amide bonds. The van der Waals surface area contributed by atoms with E-state index < -0.39 is 12.1 Å². The van der Waals surface area contributed by atoms with Gasteiger partial charge >= 0.3 is 5.97 Å². The summed E-state index contributed by atoms with van der Waals surface area (Å²) in [6.07, 6.45) is -0.594. The monoisotopic (exact) mass is 249 g/mol. The van der Waals surface area contributed by atoms with Crippen LogP contribution in [-0.4, -0.2) is 29.1 Å². The minimum atomic E-state index is -1.01. The number of ether oxygens (including phenoxy) is 1. The van der Waals surface area contributed by atoms with Crippen LogP contribution in [0, 0.1) is 0 Å². The minimum Gasteiger partial charge on any atom is -0.479 e. The van der Waals surface area contributed by atoms with Gasteiger partial charge in [-0.1, -0.05) is 0 Å². The molecular weight excluding hydrogens is 234 g/mol. The summed E-state index contributed by atoms with van der Waals surface area (Å²) >= 11 is 0. The van der Waals surface area contributed by atoms with Gasteiger partial charge in [-0.2, -0.15) is 0 Å². The minimum absolute atomic E-state index is 0.00159. The Bertz CT molecular complexity index is 510. The molecule has 18 heavy (non-hydrogen) atoms. The molecule has 0 saturated carbocycles. The van der Waals surface area contributed by atoms with Crippen molar-refractivity contribution in [3.63, 3.8) is 0 Å². The summed E-state index contributed by atoms with van der Waals surface area (Å²) in [5.41, 5.74) is 0.775. The fourth-order valence-electron chi connectivity index (χ4n) is 2.03. The number of aromatic carboxylic acids is 1. The molecule has 1 heterocycles. The number of anilines is 1. The number of benzene rings is 1. The van der Waals surface area contributed by atoms with E-state index in [1.54, 1.807) is 17.9 Å². The number of fused-ring (bicyclic) bond motifs is 1. The molecule has 0 radical (unpaired) electrons. The zero-order chi connectivity index (χ0) is 13.4. The molecule has 0 fully saturated rings. The van der Waals surface area contributed by atoms with Gasteiger partial charge < -0.3 is 14.7 Å². The van der Waals surface area contributed by atoms with Crippen molar-refractivity contribution in [2.75, 3.05) is 4.90 Å². The zero-order valence-electron chi connectivity index (χ0n) is 10.5. The Hall–Kier alpha value is -2.04. The highest BCUT2D eigenvalue weighted by atomic mass is 16.5. The molecule has 1 aromatic rings. The van der Waals surface area contributed by atoms with E-state index in [1.807, 2.05) is 13.8 Å². The predicted molar refractivity (Wildman–Crippen MR) is 66.1 cm³/mol. The average molecular weight is 249 g/mol. The molecule has 0 bridgehead atoms. The van der Waals surface area contributed by atoms with Crippen LogP contribution >= 0.6 is 0 Å². The molecule has 1 unspecified atom stereocenters. The molecular formula is C13H15NO4. The van der Waals surface area contributed by atoms with Gasteiger partial charge in [0.15, 0.2) is 6.10 Å². The smallest absolute Gasteiger partial charge is 0.335 e. The number of rotatable bonds is 2. The van der Waals surface area contributed by atoms with Crippen LogP contribution in [0.1, 0.15) is 31.1 Å². The van der Waals surface area contributed by atoms with Crippen molar-refractivity contribution < 1.29 is 19.4 Å². The van der Waals surface area contributed by atoms with Gasteiger partial charge in [-0.05, 0) is 39.0 Å². The Morgan fingerprint density at radius 3 is 2.67 bits per heavy atom. The van der Waals surface area contributed by atoms with Gasteiger partial charge in [0.2, 0.25) is 0 Å². The van der Waals surface area contributed by atoms with Crippen molar-refractivity contribution in [2.24, 2.45) is 0 Å². The van der Waals surface area contributed by atoms with Crippen LogP contribution in [0.4, 0.5) is 5.69 Å². The highest BCUT2D eigenvalue weighted by molar-refractivity contribution is 6.01. The van der Waals surface area contributed by atoms with E-state index >= 15 is 0 Å². The van der Waals surface area contributed by atoms with Gasteiger partial charge in [-0.25, -0.2) is 4.79 Å². The first kappa shape index (κ1) is 12.4. The Morgan fingerprint density at radius 2 is 2.11 bits per heavy atom. The lowest BCUT2D eigenvalue weighted by atomic mass is 10.1. The number of carboxylic acid groups (broad SMARTS) is 1. The molecule has 5 heteroatoms. The molecule has 1 atom stereocenters. The Kier molecular flexibility index (Phi) is 2.98. The number of hydrogen-bond donors (Lipinski definition) is 1. The van der Waals surface area contributed by atoms with E-state index in [4.69, 9.17) is 9.84 Å². The normalized spacial score (nSPS) is 18.6. The summed E-state index contributed by atoms with van der Waals surface area (Å²) in [6, 6.07) is 4.54. The van der Waals surface area contributed by atoms with Crippen molar-refractivity contribution in [1.29, 1.82) is 0 Å². The molecule has 0 spiro atoms. The SMILES string of the molecule is CC1Oc2cc(C(=O)O)ccc2N(C(C)C)C1=O. The second-order valence-electron chi connectivity index (χ2n) is 4.55. The molecule has 0 aromatic heterocycles. The largest absolute Gasteiger partial charge is 0.479 e. The van der Waals surface area contributed by atoms with Crippen LogP contribution in [0.25, 0.3) is 0 Å². The third-order valence-electron chi connectivity index (χ3n) is 2.87. The summed E-state index contributed by atoms with van der Waals surface area (Å²) in [6.45, 7) is 5.48. The van der Waals surface area contributed by atoms with Gasteiger partial charge in [0.05, 0.1) is 11.3 Å². The van der Waals surface area contributed by atoms with Crippen LogP contribution in [0.2, 0.25) is 0 Å². The van der Waals surface area contributed by atoms with Crippen LogP contribution in [0.5, 0.6) is 5.75 Å². The van der Waals surface area contributed by atoms with Crippen molar-refractivity contribution in [3.05, 3.63) is 23.8 Å². The summed E-state index contributed by atoms with van der Waals surface area (Å²) in [4.78, 5) is 24.6. The molecule has 1 aliphatic heterocycles. The maximum absolute atomic E-state index is 12.0. The quantitative estimate of drug-likeness (QED) is 0.869. The molecule has 1 aromatic carbocycles. The lowest BCUT2D eigenvalue weighted by Crippen LogP contribution is -2.47. The number of carbonyl (C=O) groups excluding carboxylic acids is 1. The Labute approximate surface area is 105 Å². The summed E-state index contributed by atoms with van der Waals surface area (Å²) in [5, 5.41) is 8.94. The van der Waals surface area contributed by atoms with Gasteiger partial charge in [-0.3, -0.25) is 4.79 Å². The Morgan fingerprint density at radius 1 is 1.44 bits per heavy atom. The van der Waals surface area contributed by atoms with Crippen molar-refractivity contribution in [1.82, 2.24) is 0 Å². The average Bonchev–Trinajstić information content (AvgIpc) is 2.29. The summed E-state index contributed by atoms with van der Waals surface area (Å²) in [5.74, 6) is -0.682. The fourth-order valence-corrected chi connectivity index (χ4v) is 2.03. The van der Waals surface area contributed by atoms with E-state index in [0.29, 0.717) is 11.4 Å². The van der Waals surface area contributed by atoms with Crippen LogP contribution in [0.3, 0.4) is 0 Å². The zero-order valence-corrected chi connectivity index (χ0v) is 10.5. The third-order valence-corrected chi connectivity index (χ3v) is 2.87. The Balaban J connectivity index is 2.52. The third kappa shape index (κ3) is 1.92. The van der Waals surface area contributed by atoms with Crippen molar-refractivity contribution in [3.8, 4) is 5.75 Å². The van der Waals surface area contributed by atoms with E-state index in [9.17, 15) is 9.59 Å². The number of carbonyl (C=O) groups is 2. The molecule has 1 N–H and O–H groups in total. The number of carboxylic acids is 1. The van der Waals surface area contributed by atoms with E-state index in [0.717, 1.165) is 0 Å². The maximum atomic E-state index is 12.0. The molecule has 0 aliphatic carbocycles. The van der Waals surface area contributed by atoms with Gasteiger partial charge in [0.1, 0.15) is 5.75 Å². The molecule has 1 aliphatic rings. The fraction of sp³-hybridized carbons (Fsp3) is 0.385. The second-order valence-corrected chi connectivity index (χ2v) is 4.55. The summed E-state index contributed by atoms with van der Waals surface area (Å²) in [7, 11) is 0. The van der Waals surface area contributed by atoms with Gasteiger partial charge in [0.25, 0.3) is 5.91 Å². The first-order chi connectivity index (χ1) is 8.41. The number of hydrogen-bond acceptors (Lipinski definition) is 3. The molecule has 0 saturated heterocycles. The van der Waals surface area contributed by atoms with Crippen molar-refractivity contribution in [2.45, 2.75) is 32.9 Å². The standard InChI is InChI=1S/C13H15NO4/c1-7(2)14-10-5-4-9(13(16)17)6-11(10)18-8(3)12(14)15/h4-8H,1-3H3,(H,16,17). The lowest BCUT2D eigenvalue weighted by molar-refractivity contribution is -0.125. The van der Waals surface area contributed by atoms with Gasteiger partial charge in [-0.15, -0.1) is 0 Å². The molecule has 96 valence electrons. The van der Waals surface area contributed by atoms with E-state index in [1.165, 1.54) is 12.1 Å². The molecule has 2 rings (SSSR count). The predicted octanol–water partition coefficient (Wildman–Crippen LogP) is 1.91. The highest BCUT2D eigenvalue weighted by Gasteiger charge is 2.33. The van der Waals surface area contributed by atoms with Crippen LogP contribution < -0.4 is 9.64 Å². The summed E-state index contributed by atoms with van der Waals surface area (Å²) < 4.78 is 5.46. The topological polar surface area (TPSA) is 66.8 Å². The maximum Gasteiger partial charge on any atom is 0.335 e. The first-order valence-electron chi connectivity index (χ1n) is 5.79. The van der Waals surface area contributed by atoms with Crippen LogP contribution in [-0.2, 0) is 4.79 Å². The number of amides is 1. The van der Waals surface area contributed by atoms with E-state index in [-0.39, 0.29) is 17.5 Å². The highest BCUT2D eigenvalue weighted by Crippen LogP contribution is 2.36. The lowest BCUT2D eigenvalue weighted by Gasteiger charge is -2.35. The van der Waals surface area contributed by atoms with Crippen LogP contribution in [0.15, 0.2) is 18.2 Å².